The molecule has 1 rings (SSSR count). The first-order valence-corrected chi connectivity index (χ1v) is 6.31. The van der Waals surface area contributed by atoms with E-state index in [1.54, 1.807) is 20.8 Å². The summed E-state index contributed by atoms with van der Waals surface area (Å²) in [5.74, 6) is -0.857. The fraction of sp³-hybridized carbons (Fsp3) is 0.462. The highest BCUT2D eigenvalue weighted by atomic mass is 16.6. The van der Waals surface area contributed by atoms with Crippen molar-refractivity contribution in [3.05, 3.63) is 37.9 Å². The first kappa shape index (κ1) is 17.3. The topological polar surface area (TPSA) is 116 Å². The van der Waals surface area contributed by atoms with Crippen molar-refractivity contribution in [2.24, 2.45) is 0 Å². The van der Waals surface area contributed by atoms with Crippen LogP contribution in [0.3, 0.4) is 0 Å². The normalized spacial score (nSPS) is 11.0. The van der Waals surface area contributed by atoms with Crippen molar-refractivity contribution in [2.45, 2.75) is 26.4 Å². The number of hydrogen-bond donors (Lipinski definition) is 0. The molecule has 120 valence electrons. The molecule has 0 aliphatic rings. The van der Waals surface area contributed by atoms with E-state index in [1.165, 1.54) is 19.0 Å². The molecular formula is C13H17N3O6. The number of hydrogen-bond acceptors (Lipinski definition) is 7. The van der Waals surface area contributed by atoms with Crippen LogP contribution >= 0.6 is 0 Å². The van der Waals surface area contributed by atoms with Gasteiger partial charge in [-0.15, -0.1) is 0 Å². The Balaban J connectivity index is 3.54. The summed E-state index contributed by atoms with van der Waals surface area (Å²) in [5, 5.41) is 22.3. The van der Waals surface area contributed by atoms with E-state index in [4.69, 9.17) is 4.74 Å². The molecule has 0 saturated carbocycles. The van der Waals surface area contributed by atoms with E-state index in [0.717, 1.165) is 12.1 Å². The molecule has 0 saturated heterocycles. The lowest BCUT2D eigenvalue weighted by atomic mass is 10.1. The van der Waals surface area contributed by atoms with Gasteiger partial charge in [-0.1, -0.05) is 0 Å². The molecule has 0 amide bonds. The number of benzene rings is 1. The second-order valence-corrected chi connectivity index (χ2v) is 5.77. The Hall–Kier alpha value is -2.71. The molecule has 0 radical (unpaired) electrons. The first-order chi connectivity index (χ1) is 9.94. The Kier molecular flexibility index (Phi) is 4.70. The maximum Gasteiger partial charge on any atom is 0.339 e. The molecule has 9 nitrogen and oxygen atoms in total. The average Bonchev–Trinajstić information content (AvgIpc) is 2.34. The Morgan fingerprint density at radius 2 is 1.50 bits per heavy atom. The van der Waals surface area contributed by atoms with Crippen molar-refractivity contribution in [3.8, 4) is 0 Å². The van der Waals surface area contributed by atoms with Gasteiger partial charge in [0.2, 0.25) is 0 Å². The third-order valence-electron chi connectivity index (χ3n) is 2.54. The van der Waals surface area contributed by atoms with Crippen molar-refractivity contribution < 1.29 is 19.4 Å². The molecule has 0 aliphatic heterocycles. The fourth-order valence-corrected chi connectivity index (χ4v) is 1.80. The van der Waals surface area contributed by atoms with Gasteiger partial charge in [0, 0.05) is 26.2 Å². The molecular weight excluding hydrogens is 294 g/mol. The lowest BCUT2D eigenvalue weighted by molar-refractivity contribution is -0.392. The smallest absolute Gasteiger partial charge is 0.339 e. The molecule has 1 aromatic rings. The van der Waals surface area contributed by atoms with Gasteiger partial charge in [0.05, 0.1) is 15.4 Å². The van der Waals surface area contributed by atoms with Gasteiger partial charge in [0.15, 0.2) is 5.69 Å². The predicted molar refractivity (Wildman–Crippen MR) is 79.2 cm³/mol. The van der Waals surface area contributed by atoms with Gasteiger partial charge < -0.3 is 9.64 Å². The molecule has 0 unspecified atom stereocenters. The van der Waals surface area contributed by atoms with E-state index in [9.17, 15) is 25.0 Å². The number of anilines is 1. The summed E-state index contributed by atoms with van der Waals surface area (Å²) < 4.78 is 5.10. The maximum absolute atomic E-state index is 12.0. The molecule has 22 heavy (non-hydrogen) atoms. The number of rotatable bonds is 4. The van der Waals surface area contributed by atoms with Crippen LogP contribution < -0.4 is 4.90 Å². The van der Waals surface area contributed by atoms with Gasteiger partial charge in [-0.2, -0.15) is 0 Å². The number of nitro benzene ring substituents is 2. The van der Waals surface area contributed by atoms with Gasteiger partial charge in [-0.25, -0.2) is 4.79 Å². The van der Waals surface area contributed by atoms with Crippen LogP contribution in [0.2, 0.25) is 0 Å². The lowest BCUT2D eigenvalue weighted by Gasteiger charge is -2.20. The maximum atomic E-state index is 12.0. The number of carbonyl (C=O) groups excluding carboxylic acids is 1. The van der Waals surface area contributed by atoms with Gasteiger partial charge in [-0.3, -0.25) is 20.2 Å². The molecule has 0 N–H and O–H groups in total. The Bertz CT molecular complexity index is 598. The molecule has 0 heterocycles. The number of nitrogens with zero attached hydrogens (tertiary/aromatic N) is 3. The minimum atomic E-state index is -0.857. The summed E-state index contributed by atoms with van der Waals surface area (Å²) in [6.07, 6.45) is 0. The summed E-state index contributed by atoms with van der Waals surface area (Å²) in [4.78, 5) is 34.1. The Morgan fingerprint density at radius 1 is 1.09 bits per heavy atom. The van der Waals surface area contributed by atoms with E-state index >= 15 is 0 Å². The zero-order valence-electron chi connectivity index (χ0n) is 12.9. The molecule has 0 aromatic heterocycles. The predicted octanol–water partition coefficient (Wildman–Crippen LogP) is 2.52. The van der Waals surface area contributed by atoms with Crippen molar-refractivity contribution >= 4 is 23.0 Å². The first-order valence-electron chi connectivity index (χ1n) is 6.31. The minimum Gasteiger partial charge on any atom is -0.456 e. The zero-order chi connectivity index (χ0) is 17.2. The largest absolute Gasteiger partial charge is 0.456 e. The van der Waals surface area contributed by atoms with Crippen LogP contribution in [0.1, 0.15) is 31.1 Å². The highest BCUT2D eigenvalue weighted by Gasteiger charge is 2.31. The quantitative estimate of drug-likeness (QED) is 0.476. The summed E-state index contributed by atoms with van der Waals surface area (Å²) >= 11 is 0. The van der Waals surface area contributed by atoms with Crippen LogP contribution in [0.15, 0.2) is 12.1 Å². The van der Waals surface area contributed by atoms with Crippen molar-refractivity contribution in [2.75, 3.05) is 19.0 Å². The second-order valence-electron chi connectivity index (χ2n) is 5.77. The van der Waals surface area contributed by atoms with Gasteiger partial charge in [0.1, 0.15) is 5.60 Å². The van der Waals surface area contributed by atoms with Crippen molar-refractivity contribution in [3.63, 3.8) is 0 Å². The summed E-state index contributed by atoms with van der Waals surface area (Å²) in [5.41, 5.74) is -2.29. The summed E-state index contributed by atoms with van der Waals surface area (Å²) in [6, 6.07) is 1.97. The third kappa shape index (κ3) is 3.90. The summed E-state index contributed by atoms with van der Waals surface area (Å²) in [6.45, 7) is 4.88. The van der Waals surface area contributed by atoms with E-state index in [-0.39, 0.29) is 11.3 Å². The van der Waals surface area contributed by atoms with Crippen LogP contribution in [0.5, 0.6) is 0 Å². The van der Waals surface area contributed by atoms with Crippen molar-refractivity contribution in [1.82, 2.24) is 0 Å². The lowest BCUT2D eigenvalue weighted by Crippen LogP contribution is -2.24. The number of nitro groups is 2. The van der Waals surface area contributed by atoms with Gasteiger partial charge in [0.25, 0.3) is 0 Å². The summed E-state index contributed by atoms with van der Waals surface area (Å²) in [7, 11) is 2.89. The Morgan fingerprint density at radius 3 is 1.77 bits per heavy atom. The van der Waals surface area contributed by atoms with E-state index in [2.05, 4.69) is 0 Å². The highest BCUT2D eigenvalue weighted by Crippen LogP contribution is 2.37. The van der Waals surface area contributed by atoms with Gasteiger partial charge in [-0.05, 0) is 20.8 Å². The molecule has 9 heteroatoms. The van der Waals surface area contributed by atoms with Crippen LogP contribution in [0, 0.1) is 20.2 Å². The number of ether oxygens (including phenoxy) is 1. The third-order valence-corrected chi connectivity index (χ3v) is 2.54. The minimum absolute atomic E-state index is 0.178. The molecule has 0 bridgehead atoms. The second kappa shape index (κ2) is 5.96. The monoisotopic (exact) mass is 311 g/mol. The van der Waals surface area contributed by atoms with Crippen LogP contribution in [-0.4, -0.2) is 35.5 Å². The van der Waals surface area contributed by atoms with E-state index < -0.39 is 32.8 Å². The SMILES string of the molecule is CN(C)c1c([N+](=O)[O-])cc(C(=O)OC(C)(C)C)cc1[N+](=O)[O-]. The van der Waals surface area contributed by atoms with E-state index in [0.29, 0.717) is 0 Å². The molecule has 0 fully saturated rings. The zero-order valence-corrected chi connectivity index (χ0v) is 12.9. The number of esters is 1. The average molecular weight is 311 g/mol. The van der Waals surface area contributed by atoms with E-state index in [1.807, 2.05) is 0 Å². The van der Waals surface area contributed by atoms with Crippen molar-refractivity contribution in [1.29, 1.82) is 0 Å². The van der Waals surface area contributed by atoms with Crippen LogP contribution in [-0.2, 0) is 4.74 Å². The van der Waals surface area contributed by atoms with Gasteiger partial charge >= 0.3 is 17.3 Å². The standard InChI is InChI=1S/C13H17N3O6/c1-13(2,3)22-12(17)8-6-9(15(18)19)11(14(4)5)10(7-8)16(20)21/h6-7H,1-5H3. The van der Waals surface area contributed by atoms with Crippen LogP contribution in [0.25, 0.3) is 0 Å². The molecule has 1 aromatic carbocycles. The Labute approximate surface area is 126 Å². The molecule has 0 spiro atoms. The number of carbonyl (C=O) groups is 1. The van der Waals surface area contributed by atoms with Crippen LogP contribution in [0.4, 0.5) is 17.1 Å². The molecule has 0 aliphatic carbocycles. The molecule has 0 atom stereocenters. The fourth-order valence-electron chi connectivity index (χ4n) is 1.80. The highest BCUT2D eigenvalue weighted by molar-refractivity contribution is 5.94.